The molecule has 1 aromatic rings. The molecule has 0 spiro atoms. The highest BCUT2D eigenvalue weighted by atomic mass is 16.6. The third-order valence-corrected chi connectivity index (χ3v) is 3.83. The van der Waals surface area contributed by atoms with E-state index in [4.69, 9.17) is 0 Å². The Labute approximate surface area is 138 Å². The molecule has 2 rings (SSSR count). The number of nitro benzene ring substituents is 1. The van der Waals surface area contributed by atoms with E-state index in [1.165, 1.54) is 35.4 Å². The summed E-state index contributed by atoms with van der Waals surface area (Å²) >= 11 is 0. The van der Waals surface area contributed by atoms with Gasteiger partial charge in [-0.25, -0.2) is 4.79 Å². The molecule has 1 heterocycles. The minimum absolute atomic E-state index is 0.00213. The minimum Gasteiger partial charge on any atom is -0.478 e. The summed E-state index contributed by atoms with van der Waals surface area (Å²) in [6, 6.07) is 5.61. The molecule has 0 saturated heterocycles. The van der Waals surface area contributed by atoms with Gasteiger partial charge in [0.05, 0.1) is 10.5 Å². The van der Waals surface area contributed by atoms with E-state index < -0.39 is 22.7 Å². The maximum absolute atomic E-state index is 12.4. The number of carbonyl (C=O) groups excluding carboxylic acids is 1. The van der Waals surface area contributed by atoms with Crippen molar-refractivity contribution >= 4 is 17.6 Å². The molecule has 0 fully saturated rings. The molecule has 2 N–H and O–H groups in total. The molecule has 1 aliphatic rings. The van der Waals surface area contributed by atoms with Crippen molar-refractivity contribution in [2.45, 2.75) is 12.8 Å². The van der Waals surface area contributed by atoms with E-state index in [9.17, 15) is 24.8 Å². The van der Waals surface area contributed by atoms with Crippen LogP contribution in [0.5, 0.6) is 0 Å². The lowest BCUT2D eigenvalue weighted by molar-refractivity contribution is -0.384. The van der Waals surface area contributed by atoms with Crippen LogP contribution in [-0.2, 0) is 9.59 Å². The quantitative estimate of drug-likeness (QED) is 0.626. The van der Waals surface area contributed by atoms with Crippen LogP contribution in [0, 0.1) is 10.1 Å². The molecule has 1 amide bonds. The Morgan fingerprint density at radius 3 is 2.46 bits per heavy atom. The summed E-state index contributed by atoms with van der Waals surface area (Å²) in [5.74, 6) is -2.32. The average Bonchev–Trinajstić information content (AvgIpc) is 2.59. The topological polar surface area (TPSA) is 113 Å². The predicted molar refractivity (Wildman–Crippen MR) is 86.1 cm³/mol. The first-order chi connectivity index (χ1) is 11.4. The van der Waals surface area contributed by atoms with E-state index >= 15 is 0 Å². The van der Waals surface area contributed by atoms with Gasteiger partial charge in [-0.2, -0.15) is 0 Å². The summed E-state index contributed by atoms with van der Waals surface area (Å²) in [6.07, 6.45) is 3.11. The molecule has 1 atom stereocenters. The van der Waals surface area contributed by atoms with Crippen molar-refractivity contribution < 1.29 is 19.6 Å². The number of dihydropyridines is 1. The maximum atomic E-state index is 12.4. The number of hydrogen-bond acceptors (Lipinski definition) is 5. The van der Waals surface area contributed by atoms with E-state index in [-0.39, 0.29) is 17.0 Å². The number of nitrogens with zero attached hydrogens (tertiary/aromatic N) is 2. The van der Waals surface area contributed by atoms with Crippen molar-refractivity contribution in [1.82, 2.24) is 10.2 Å². The maximum Gasteiger partial charge on any atom is 0.334 e. The van der Waals surface area contributed by atoms with Crippen molar-refractivity contribution in [3.05, 3.63) is 63.5 Å². The molecule has 0 aliphatic carbocycles. The highest BCUT2D eigenvalue weighted by Crippen LogP contribution is 2.31. The third-order valence-electron chi connectivity index (χ3n) is 3.83. The average molecular weight is 331 g/mol. The first-order valence-electron chi connectivity index (χ1n) is 7.27. The summed E-state index contributed by atoms with van der Waals surface area (Å²) in [6.45, 7) is 2.22. The molecular weight excluding hydrogens is 314 g/mol. The lowest BCUT2D eigenvalue weighted by atomic mass is 9.87. The zero-order valence-corrected chi connectivity index (χ0v) is 13.2. The molecule has 0 radical (unpaired) electrons. The number of rotatable bonds is 5. The van der Waals surface area contributed by atoms with Crippen molar-refractivity contribution in [2.75, 3.05) is 13.6 Å². The van der Waals surface area contributed by atoms with Crippen LogP contribution < -0.4 is 5.32 Å². The summed E-state index contributed by atoms with van der Waals surface area (Å²) in [5, 5.41) is 23.0. The van der Waals surface area contributed by atoms with E-state index in [2.05, 4.69) is 5.32 Å². The molecule has 126 valence electrons. The fourth-order valence-corrected chi connectivity index (χ4v) is 2.39. The van der Waals surface area contributed by atoms with Crippen LogP contribution in [0.1, 0.15) is 18.4 Å². The van der Waals surface area contributed by atoms with Crippen molar-refractivity contribution in [2.24, 2.45) is 0 Å². The van der Waals surface area contributed by atoms with Crippen LogP contribution in [0.25, 0.3) is 0 Å². The van der Waals surface area contributed by atoms with Gasteiger partial charge in [-0.05, 0) is 18.7 Å². The number of hydrogen-bond donors (Lipinski definition) is 2. The van der Waals surface area contributed by atoms with Crippen molar-refractivity contribution in [3.8, 4) is 0 Å². The number of non-ortho nitro benzene ring substituents is 1. The normalized spacial score (nSPS) is 16.5. The van der Waals surface area contributed by atoms with Gasteiger partial charge < -0.3 is 15.3 Å². The lowest BCUT2D eigenvalue weighted by Crippen LogP contribution is -2.36. The van der Waals surface area contributed by atoms with Gasteiger partial charge in [0.2, 0.25) is 0 Å². The number of carboxylic acids is 1. The number of carboxylic acid groups (broad SMARTS) is 1. The largest absolute Gasteiger partial charge is 0.478 e. The Hall–Kier alpha value is -3.16. The minimum atomic E-state index is -1.22. The Kier molecular flexibility index (Phi) is 4.98. The highest BCUT2D eigenvalue weighted by molar-refractivity contribution is 6.03. The van der Waals surface area contributed by atoms with Gasteiger partial charge in [-0.1, -0.05) is 18.2 Å². The zero-order chi connectivity index (χ0) is 17.9. The fraction of sp³-hybridized carbons (Fsp3) is 0.250. The first kappa shape index (κ1) is 17.2. The third kappa shape index (κ3) is 3.27. The summed E-state index contributed by atoms with van der Waals surface area (Å²) in [5.41, 5.74) is 0.383. The number of carbonyl (C=O) groups is 2. The summed E-state index contributed by atoms with van der Waals surface area (Å²) in [7, 11) is 1.58. The van der Waals surface area contributed by atoms with E-state index in [0.29, 0.717) is 12.1 Å². The zero-order valence-electron chi connectivity index (χ0n) is 13.2. The SMILES string of the molecule is CCN(C)C(=O)C1=C(C(=O)O)C(c2ccc([N+](=O)[O-])cc2)C=CN1. The molecule has 24 heavy (non-hydrogen) atoms. The number of likely N-dealkylation sites (N-methyl/N-ethyl adjacent to an activating group) is 1. The number of nitro groups is 1. The van der Waals surface area contributed by atoms with Crippen LogP contribution in [-0.4, -0.2) is 40.4 Å². The Bertz CT molecular complexity index is 737. The Morgan fingerprint density at radius 1 is 1.33 bits per heavy atom. The summed E-state index contributed by atoms with van der Waals surface area (Å²) < 4.78 is 0. The highest BCUT2D eigenvalue weighted by Gasteiger charge is 2.31. The number of nitrogens with one attached hydrogen (secondary N) is 1. The smallest absolute Gasteiger partial charge is 0.334 e. The van der Waals surface area contributed by atoms with Gasteiger partial charge in [0, 0.05) is 31.6 Å². The molecular formula is C16H17N3O5. The van der Waals surface area contributed by atoms with Crippen LogP contribution in [0.15, 0.2) is 47.8 Å². The van der Waals surface area contributed by atoms with Gasteiger partial charge in [-0.15, -0.1) is 0 Å². The molecule has 1 aromatic carbocycles. The lowest BCUT2D eigenvalue weighted by Gasteiger charge is -2.25. The number of benzene rings is 1. The molecule has 0 bridgehead atoms. The van der Waals surface area contributed by atoms with Gasteiger partial charge in [0.1, 0.15) is 5.70 Å². The molecule has 8 heteroatoms. The monoisotopic (exact) mass is 331 g/mol. The van der Waals surface area contributed by atoms with Crippen LogP contribution >= 0.6 is 0 Å². The molecule has 1 unspecified atom stereocenters. The number of amides is 1. The van der Waals surface area contributed by atoms with Crippen molar-refractivity contribution in [3.63, 3.8) is 0 Å². The molecule has 1 aliphatic heterocycles. The second-order valence-corrected chi connectivity index (χ2v) is 5.24. The summed E-state index contributed by atoms with van der Waals surface area (Å²) in [4.78, 5) is 35.7. The van der Waals surface area contributed by atoms with E-state index in [1.807, 2.05) is 0 Å². The van der Waals surface area contributed by atoms with Crippen LogP contribution in [0.2, 0.25) is 0 Å². The number of aliphatic carboxylic acids is 1. The Morgan fingerprint density at radius 2 is 1.96 bits per heavy atom. The second kappa shape index (κ2) is 6.95. The predicted octanol–water partition coefficient (Wildman–Crippen LogP) is 1.61. The molecule has 0 aromatic heterocycles. The van der Waals surface area contributed by atoms with Gasteiger partial charge in [0.15, 0.2) is 0 Å². The second-order valence-electron chi connectivity index (χ2n) is 5.24. The van der Waals surface area contributed by atoms with E-state index in [1.54, 1.807) is 20.0 Å². The molecule has 8 nitrogen and oxygen atoms in total. The van der Waals surface area contributed by atoms with Gasteiger partial charge in [-0.3, -0.25) is 14.9 Å². The van der Waals surface area contributed by atoms with Crippen molar-refractivity contribution in [1.29, 1.82) is 0 Å². The first-order valence-corrected chi connectivity index (χ1v) is 7.27. The van der Waals surface area contributed by atoms with E-state index in [0.717, 1.165) is 0 Å². The Balaban J connectivity index is 2.48. The van der Waals surface area contributed by atoms with Crippen LogP contribution in [0.3, 0.4) is 0 Å². The van der Waals surface area contributed by atoms with Crippen LogP contribution in [0.4, 0.5) is 5.69 Å². The number of allylic oxidation sites excluding steroid dienone is 1. The fourth-order valence-electron chi connectivity index (χ4n) is 2.39. The van der Waals surface area contributed by atoms with Gasteiger partial charge in [0.25, 0.3) is 11.6 Å². The standard InChI is InChI=1S/C16H17N3O5/c1-3-18(2)15(20)14-13(16(21)22)12(8-9-17-14)10-4-6-11(7-5-10)19(23)24/h4-9,12,17H,3H2,1-2H3,(H,21,22). The molecule has 0 saturated carbocycles. The van der Waals surface area contributed by atoms with Gasteiger partial charge >= 0.3 is 5.97 Å².